The molecule has 0 aliphatic heterocycles. The van der Waals surface area contributed by atoms with Crippen LogP contribution in [-0.4, -0.2) is 12.8 Å². The predicted octanol–water partition coefficient (Wildman–Crippen LogP) is 4.49. The van der Waals surface area contributed by atoms with Crippen LogP contribution in [0.1, 0.15) is 33.6 Å². The Kier molecular flexibility index (Phi) is 4.68. The molecule has 0 amide bonds. The second-order valence-electron chi connectivity index (χ2n) is 4.69. The summed E-state index contributed by atoms with van der Waals surface area (Å²) in [5.74, 6) is 0. The maximum Gasteiger partial charge on any atom is 0.0642 e. The fourth-order valence-electron chi connectivity index (χ4n) is 2.14. The lowest BCUT2D eigenvalue weighted by Crippen LogP contribution is -2.19. The summed E-state index contributed by atoms with van der Waals surface area (Å²) in [7, 11) is 1.85. The number of hydrogen-bond acceptors (Lipinski definition) is 1. The molecule has 0 unspecified atom stereocenters. The SMILES string of the molecule is C=CC[C@@](C)(CC)C1=CC(=NC)/C(=C\C)C=C1. The average Bonchev–Trinajstić information content (AvgIpc) is 2.38. The largest absolute Gasteiger partial charge is 0.288 e. The first-order chi connectivity index (χ1) is 8.11. The molecule has 1 heteroatoms. The number of nitrogens with zero attached hydrogens (tertiary/aromatic N) is 1. The van der Waals surface area contributed by atoms with Crippen molar-refractivity contribution in [3.05, 3.63) is 48.1 Å². The number of rotatable bonds is 4. The van der Waals surface area contributed by atoms with Crippen molar-refractivity contribution in [1.29, 1.82) is 0 Å². The van der Waals surface area contributed by atoms with E-state index in [9.17, 15) is 0 Å². The van der Waals surface area contributed by atoms with Crippen LogP contribution < -0.4 is 0 Å². The van der Waals surface area contributed by atoms with Gasteiger partial charge in [-0.2, -0.15) is 0 Å². The molecular weight excluding hydrogens is 206 g/mol. The van der Waals surface area contributed by atoms with Gasteiger partial charge >= 0.3 is 0 Å². The standard InChI is InChI=1S/C16H23N/c1-6-11-16(4,8-3)14-10-9-13(7-2)15(12-14)17-5/h6-7,9-10,12H,1,8,11H2,2-5H3/b13-7-,17-15?/t16-/m1/s1. The number of aliphatic imine (C=N–C) groups is 1. The first kappa shape index (κ1) is 13.7. The van der Waals surface area contributed by atoms with E-state index in [0.717, 1.165) is 18.6 Å². The molecule has 1 atom stereocenters. The molecule has 1 aliphatic carbocycles. The van der Waals surface area contributed by atoms with Crippen molar-refractivity contribution in [1.82, 2.24) is 0 Å². The second kappa shape index (κ2) is 5.81. The maximum absolute atomic E-state index is 4.35. The van der Waals surface area contributed by atoms with Crippen LogP contribution in [0.25, 0.3) is 0 Å². The van der Waals surface area contributed by atoms with Crippen molar-refractivity contribution in [2.45, 2.75) is 33.6 Å². The van der Waals surface area contributed by atoms with E-state index >= 15 is 0 Å². The minimum absolute atomic E-state index is 0.174. The van der Waals surface area contributed by atoms with Gasteiger partial charge in [0.15, 0.2) is 0 Å². The smallest absolute Gasteiger partial charge is 0.0642 e. The Hall–Kier alpha value is -1.37. The quantitative estimate of drug-likeness (QED) is 0.630. The van der Waals surface area contributed by atoms with Gasteiger partial charge in [0.05, 0.1) is 5.71 Å². The van der Waals surface area contributed by atoms with Gasteiger partial charge in [-0.05, 0) is 42.4 Å². The number of hydrogen-bond donors (Lipinski definition) is 0. The van der Waals surface area contributed by atoms with Crippen molar-refractivity contribution < 1.29 is 0 Å². The molecule has 92 valence electrons. The molecule has 1 nitrogen and oxygen atoms in total. The number of allylic oxidation sites excluding steroid dienone is 7. The third kappa shape index (κ3) is 2.85. The Morgan fingerprint density at radius 2 is 2.12 bits per heavy atom. The lowest BCUT2D eigenvalue weighted by Gasteiger charge is -2.30. The minimum Gasteiger partial charge on any atom is -0.288 e. The first-order valence-electron chi connectivity index (χ1n) is 6.26. The lowest BCUT2D eigenvalue weighted by molar-refractivity contribution is 0.397. The fourth-order valence-corrected chi connectivity index (χ4v) is 2.14. The molecule has 0 aromatic carbocycles. The zero-order valence-corrected chi connectivity index (χ0v) is 11.5. The fraction of sp³-hybridized carbons (Fsp3) is 0.438. The highest BCUT2D eigenvalue weighted by Gasteiger charge is 2.26. The van der Waals surface area contributed by atoms with E-state index in [4.69, 9.17) is 0 Å². The van der Waals surface area contributed by atoms with E-state index < -0.39 is 0 Å². The Labute approximate surface area is 105 Å². The van der Waals surface area contributed by atoms with Crippen molar-refractivity contribution in [2.75, 3.05) is 7.05 Å². The summed E-state index contributed by atoms with van der Waals surface area (Å²) in [5, 5.41) is 0. The van der Waals surface area contributed by atoms with E-state index in [-0.39, 0.29) is 5.41 Å². The van der Waals surface area contributed by atoms with Gasteiger partial charge in [-0.1, -0.05) is 38.2 Å². The van der Waals surface area contributed by atoms with Gasteiger partial charge in [0.2, 0.25) is 0 Å². The molecule has 0 radical (unpaired) electrons. The van der Waals surface area contributed by atoms with Crippen molar-refractivity contribution in [3.63, 3.8) is 0 Å². The Morgan fingerprint density at radius 1 is 1.41 bits per heavy atom. The molecule has 0 aromatic rings. The van der Waals surface area contributed by atoms with Gasteiger partial charge < -0.3 is 0 Å². The van der Waals surface area contributed by atoms with E-state index in [0.29, 0.717) is 0 Å². The monoisotopic (exact) mass is 229 g/mol. The summed E-state index contributed by atoms with van der Waals surface area (Å²) in [6, 6.07) is 0. The van der Waals surface area contributed by atoms with E-state index in [1.54, 1.807) is 0 Å². The molecule has 0 saturated heterocycles. The summed E-state index contributed by atoms with van der Waals surface area (Å²) in [6.07, 6.45) is 12.8. The third-order valence-corrected chi connectivity index (χ3v) is 3.65. The van der Waals surface area contributed by atoms with Crippen LogP contribution in [-0.2, 0) is 0 Å². The van der Waals surface area contributed by atoms with E-state index in [1.165, 1.54) is 11.1 Å². The predicted molar refractivity (Wildman–Crippen MR) is 77.6 cm³/mol. The van der Waals surface area contributed by atoms with Crippen LogP contribution in [0.3, 0.4) is 0 Å². The molecule has 0 saturated carbocycles. The molecule has 17 heavy (non-hydrogen) atoms. The topological polar surface area (TPSA) is 12.4 Å². The van der Waals surface area contributed by atoms with Gasteiger partial charge in [-0.3, -0.25) is 4.99 Å². The molecule has 1 rings (SSSR count). The van der Waals surface area contributed by atoms with Gasteiger partial charge in [0, 0.05) is 7.05 Å². The van der Waals surface area contributed by atoms with Gasteiger partial charge in [-0.25, -0.2) is 0 Å². The van der Waals surface area contributed by atoms with E-state index in [2.05, 4.69) is 49.7 Å². The van der Waals surface area contributed by atoms with Gasteiger partial charge in [-0.15, -0.1) is 6.58 Å². The summed E-state index contributed by atoms with van der Waals surface area (Å²) in [4.78, 5) is 4.35. The minimum atomic E-state index is 0.174. The highest BCUT2D eigenvalue weighted by molar-refractivity contribution is 6.12. The molecule has 0 bridgehead atoms. The van der Waals surface area contributed by atoms with Gasteiger partial charge in [0.1, 0.15) is 0 Å². The lowest BCUT2D eigenvalue weighted by atomic mass is 9.74. The molecule has 1 aliphatic rings. The van der Waals surface area contributed by atoms with Crippen LogP contribution in [0.4, 0.5) is 0 Å². The van der Waals surface area contributed by atoms with Crippen LogP contribution in [0.15, 0.2) is 53.1 Å². The summed E-state index contributed by atoms with van der Waals surface area (Å²) < 4.78 is 0. The van der Waals surface area contributed by atoms with Crippen molar-refractivity contribution >= 4 is 5.71 Å². The molecule has 0 spiro atoms. The van der Waals surface area contributed by atoms with Crippen molar-refractivity contribution in [3.8, 4) is 0 Å². The van der Waals surface area contributed by atoms with Gasteiger partial charge in [0.25, 0.3) is 0 Å². The Balaban J connectivity index is 3.13. The molecule has 0 aromatic heterocycles. The van der Waals surface area contributed by atoms with Crippen LogP contribution in [0, 0.1) is 5.41 Å². The highest BCUT2D eigenvalue weighted by Crippen LogP contribution is 2.37. The van der Waals surface area contributed by atoms with Crippen LogP contribution in [0.2, 0.25) is 0 Å². The summed E-state index contributed by atoms with van der Waals surface area (Å²) in [5.41, 5.74) is 3.81. The average molecular weight is 229 g/mol. The second-order valence-corrected chi connectivity index (χ2v) is 4.69. The molecule has 0 fully saturated rings. The first-order valence-corrected chi connectivity index (χ1v) is 6.26. The normalized spacial score (nSPS) is 23.6. The Morgan fingerprint density at radius 3 is 2.59 bits per heavy atom. The molecule has 0 heterocycles. The van der Waals surface area contributed by atoms with Crippen molar-refractivity contribution in [2.24, 2.45) is 10.4 Å². The molecule has 0 N–H and O–H groups in total. The Bertz CT molecular complexity index is 407. The van der Waals surface area contributed by atoms with Crippen LogP contribution in [0.5, 0.6) is 0 Å². The molecular formula is C16H23N. The van der Waals surface area contributed by atoms with Crippen LogP contribution >= 0.6 is 0 Å². The maximum atomic E-state index is 4.35. The zero-order chi connectivity index (χ0) is 12.9. The third-order valence-electron chi connectivity index (χ3n) is 3.65. The van der Waals surface area contributed by atoms with E-state index in [1.807, 2.05) is 20.0 Å². The zero-order valence-electron chi connectivity index (χ0n) is 11.5. The summed E-state index contributed by atoms with van der Waals surface area (Å²) in [6.45, 7) is 10.4. The highest BCUT2D eigenvalue weighted by atomic mass is 14.7. The summed E-state index contributed by atoms with van der Waals surface area (Å²) >= 11 is 0.